The number of methoxy groups -OCH3 is 1. The molecule has 8 heteroatoms. The van der Waals surface area contributed by atoms with Gasteiger partial charge in [-0.05, 0) is 55.0 Å². The lowest BCUT2D eigenvalue weighted by molar-refractivity contribution is 0.0797. The second-order valence-corrected chi connectivity index (χ2v) is 8.08. The van der Waals surface area contributed by atoms with Crippen LogP contribution in [-0.2, 0) is 9.47 Å². The number of hydrogen-bond donors (Lipinski definition) is 2. The van der Waals surface area contributed by atoms with Crippen LogP contribution in [0.25, 0.3) is 11.3 Å². The molecule has 4 rings (SSSR count). The van der Waals surface area contributed by atoms with Gasteiger partial charge in [0.15, 0.2) is 0 Å². The van der Waals surface area contributed by atoms with Gasteiger partial charge < -0.3 is 19.4 Å². The molecular formula is C23H28N4O4. The molecule has 1 fully saturated rings. The molecule has 2 amide bonds. The topological polar surface area (TPSA) is 96.5 Å². The molecule has 2 aliphatic rings. The Morgan fingerprint density at radius 1 is 1.13 bits per heavy atom. The lowest BCUT2D eigenvalue weighted by Crippen LogP contribution is -2.36. The molecule has 31 heavy (non-hydrogen) atoms. The summed E-state index contributed by atoms with van der Waals surface area (Å²) in [6, 6.07) is 6.58. The first-order valence-electron chi connectivity index (χ1n) is 10.5. The molecule has 0 saturated carbocycles. The smallest absolute Gasteiger partial charge is 0.257 e. The number of nitrogens with zero attached hydrogens (tertiary/aromatic N) is 2. The van der Waals surface area contributed by atoms with Crippen molar-refractivity contribution in [2.75, 3.05) is 39.7 Å². The van der Waals surface area contributed by atoms with Crippen LogP contribution in [0.2, 0.25) is 0 Å². The van der Waals surface area contributed by atoms with E-state index in [0.717, 1.165) is 55.4 Å². The SMILES string of the molecule is COC1=c2[nH]c(NC(=O)c3ccc(C(=O)N(C)C)cc3)nc2=C(C2CCOCC2)CC1. The van der Waals surface area contributed by atoms with Gasteiger partial charge in [-0.25, -0.2) is 4.98 Å². The maximum atomic E-state index is 12.7. The lowest BCUT2D eigenvalue weighted by Gasteiger charge is -2.25. The Morgan fingerprint density at radius 2 is 1.81 bits per heavy atom. The minimum absolute atomic E-state index is 0.107. The van der Waals surface area contributed by atoms with Crippen LogP contribution in [0, 0.1) is 5.92 Å². The number of anilines is 1. The standard InChI is InChI=1S/C23H28N4O4/c1-27(2)22(29)16-6-4-15(5-7-16)21(28)26-23-24-19-17(14-10-12-31-13-11-14)8-9-18(30-3)20(19)25-23/h4-7,14H,8-13H2,1-3H3,(H2,24,25,26,28). The van der Waals surface area contributed by atoms with Crippen molar-refractivity contribution in [3.63, 3.8) is 0 Å². The third-order valence-corrected chi connectivity index (χ3v) is 5.90. The van der Waals surface area contributed by atoms with Crippen molar-refractivity contribution in [2.45, 2.75) is 25.7 Å². The van der Waals surface area contributed by atoms with Crippen molar-refractivity contribution < 1.29 is 19.1 Å². The third kappa shape index (κ3) is 4.34. The predicted octanol–water partition coefficient (Wildman–Crippen LogP) is 1.49. The molecule has 2 heterocycles. The number of hydrogen-bond acceptors (Lipinski definition) is 5. The number of aromatic amines is 1. The van der Waals surface area contributed by atoms with Crippen molar-refractivity contribution in [1.29, 1.82) is 0 Å². The maximum absolute atomic E-state index is 12.7. The molecule has 0 spiro atoms. The van der Waals surface area contributed by atoms with Crippen molar-refractivity contribution in [1.82, 2.24) is 14.9 Å². The van der Waals surface area contributed by atoms with Crippen molar-refractivity contribution in [3.8, 4) is 0 Å². The number of benzene rings is 1. The van der Waals surface area contributed by atoms with E-state index in [1.54, 1.807) is 45.5 Å². The first kappa shape index (κ1) is 21.1. The second-order valence-electron chi connectivity index (χ2n) is 8.08. The van der Waals surface area contributed by atoms with Gasteiger partial charge in [-0.3, -0.25) is 14.9 Å². The number of rotatable bonds is 5. The summed E-state index contributed by atoms with van der Waals surface area (Å²) in [6.07, 6.45) is 3.70. The van der Waals surface area contributed by atoms with Crippen LogP contribution in [0.5, 0.6) is 0 Å². The Labute approximate surface area is 180 Å². The molecule has 164 valence electrons. The van der Waals surface area contributed by atoms with Gasteiger partial charge in [-0.15, -0.1) is 0 Å². The highest BCUT2D eigenvalue weighted by Gasteiger charge is 2.24. The van der Waals surface area contributed by atoms with Gasteiger partial charge in [0.2, 0.25) is 5.95 Å². The van der Waals surface area contributed by atoms with Crippen LogP contribution in [0.15, 0.2) is 24.3 Å². The Morgan fingerprint density at radius 3 is 2.45 bits per heavy atom. The Balaban J connectivity index is 1.61. The molecule has 1 aliphatic carbocycles. The highest BCUT2D eigenvalue weighted by atomic mass is 16.5. The summed E-state index contributed by atoms with van der Waals surface area (Å²) >= 11 is 0. The predicted molar refractivity (Wildman–Crippen MR) is 117 cm³/mol. The molecule has 2 aromatic rings. The number of ether oxygens (including phenoxy) is 2. The number of carbonyl (C=O) groups excluding carboxylic acids is 2. The van der Waals surface area contributed by atoms with E-state index in [4.69, 9.17) is 14.5 Å². The van der Waals surface area contributed by atoms with Crippen LogP contribution < -0.4 is 16.0 Å². The van der Waals surface area contributed by atoms with Gasteiger partial charge in [-0.1, -0.05) is 0 Å². The van der Waals surface area contributed by atoms with Gasteiger partial charge in [-0.2, -0.15) is 0 Å². The largest absolute Gasteiger partial charge is 0.499 e. The quantitative estimate of drug-likeness (QED) is 0.758. The van der Waals surface area contributed by atoms with E-state index in [-0.39, 0.29) is 11.8 Å². The minimum atomic E-state index is -0.290. The molecule has 0 bridgehead atoms. The van der Waals surface area contributed by atoms with E-state index < -0.39 is 0 Å². The molecule has 1 aromatic heterocycles. The molecule has 1 saturated heterocycles. The minimum Gasteiger partial charge on any atom is -0.499 e. The molecule has 0 radical (unpaired) electrons. The summed E-state index contributed by atoms with van der Waals surface area (Å²) in [5, 5.41) is 4.58. The van der Waals surface area contributed by atoms with Gasteiger partial charge in [0.1, 0.15) is 11.1 Å². The number of H-pyrrole nitrogens is 1. The highest BCUT2D eigenvalue weighted by molar-refractivity contribution is 6.04. The maximum Gasteiger partial charge on any atom is 0.257 e. The molecule has 0 atom stereocenters. The number of imidazole rings is 1. The van der Waals surface area contributed by atoms with Crippen LogP contribution in [0.4, 0.5) is 5.95 Å². The zero-order valence-corrected chi connectivity index (χ0v) is 18.2. The van der Waals surface area contributed by atoms with E-state index >= 15 is 0 Å². The van der Waals surface area contributed by atoms with Crippen LogP contribution in [0.3, 0.4) is 0 Å². The fraction of sp³-hybridized carbons (Fsp3) is 0.435. The lowest BCUT2D eigenvalue weighted by atomic mass is 9.86. The number of carbonyl (C=O) groups is 2. The molecule has 0 unspecified atom stereocenters. The summed E-state index contributed by atoms with van der Waals surface area (Å²) in [7, 11) is 5.05. The Hall–Kier alpha value is -3.13. The fourth-order valence-electron chi connectivity index (χ4n) is 4.21. The Bertz CT molecular complexity index is 1100. The molecule has 2 N–H and O–H groups in total. The van der Waals surface area contributed by atoms with Gasteiger partial charge in [0.05, 0.1) is 12.5 Å². The van der Waals surface area contributed by atoms with Gasteiger partial charge in [0, 0.05) is 44.9 Å². The molecule has 1 aromatic carbocycles. The van der Waals surface area contributed by atoms with E-state index in [1.807, 2.05) is 0 Å². The number of fused-ring (bicyclic) bond motifs is 1. The van der Waals surface area contributed by atoms with Crippen molar-refractivity contribution in [3.05, 3.63) is 46.1 Å². The van der Waals surface area contributed by atoms with E-state index in [1.165, 1.54) is 10.5 Å². The summed E-state index contributed by atoms with van der Waals surface area (Å²) in [5.41, 5.74) is 2.29. The molecule has 1 aliphatic heterocycles. The normalized spacial score (nSPS) is 16.6. The van der Waals surface area contributed by atoms with E-state index in [9.17, 15) is 9.59 Å². The zero-order valence-electron chi connectivity index (χ0n) is 18.2. The van der Waals surface area contributed by atoms with Gasteiger partial charge in [0.25, 0.3) is 11.8 Å². The first-order chi connectivity index (χ1) is 15.0. The highest BCUT2D eigenvalue weighted by Crippen LogP contribution is 2.29. The number of aromatic nitrogens is 2. The number of nitrogens with one attached hydrogen (secondary N) is 2. The summed E-state index contributed by atoms with van der Waals surface area (Å²) in [6.45, 7) is 1.54. The van der Waals surface area contributed by atoms with Crippen LogP contribution >= 0.6 is 0 Å². The summed E-state index contributed by atoms with van der Waals surface area (Å²) < 4.78 is 11.1. The average molecular weight is 425 g/mol. The Kier molecular flexibility index (Phi) is 6.08. The second kappa shape index (κ2) is 8.93. The van der Waals surface area contributed by atoms with Crippen molar-refractivity contribution >= 4 is 29.1 Å². The summed E-state index contributed by atoms with van der Waals surface area (Å²) in [5.74, 6) is 1.29. The average Bonchev–Trinajstić information content (AvgIpc) is 3.22. The summed E-state index contributed by atoms with van der Waals surface area (Å²) in [4.78, 5) is 34.2. The van der Waals surface area contributed by atoms with Crippen LogP contribution in [-0.4, -0.2) is 61.1 Å². The number of amides is 2. The van der Waals surface area contributed by atoms with Crippen LogP contribution in [0.1, 0.15) is 46.4 Å². The monoisotopic (exact) mass is 424 g/mol. The third-order valence-electron chi connectivity index (χ3n) is 5.90. The fourth-order valence-corrected chi connectivity index (χ4v) is 4.21. The van der Waals surface area contributed by atoms with Crippen molar-refractivity contribution in [2.24, 2.45) is 5.92 Å². The first-order valence-corrected chi connectivity index (χ1v) is 10.5. The molecule has 8 nitrogen and oxygen atoms in total. The zero-order chi connectivity index (χ0) is 22.0. The molecular weight excluding hydrogens is 396 g/mol. The van der Waals surface area contributed by atoms with E-state index in [0.29, 0.717) is 23.0 Å². The van der Waals surface area contributed by atoms with Gasteiger partial charge >= 0.3 is 0 Å². The van der Waals surface area contributed by atoms with E-state index in [2.05, 4.69) is 10.3 Å².